The molecule has 1 N–H and O–H groups in total. The SMILES string of the molecule is CC1CC(C)CC(C(O)c2ccc(C3CC3)cc2)C1. The van der Waals surface area contributed by atoms with Crippen LogP contribution in [0.25, 0.3) is 0 Å². The molecule has 0 heterocycles. The van der Waals surface area contributed by atoms with E-state index in [0.29, 0.717) is 5.92 Å². The standard InChI is InChI=1S/C18H26O/c1-12-9-13(2)11-17(10-12)18(19)16-7-5-15(6-8-16)14-3-4-14/h5-8,12-14,17-19H,3-4,9-11H2,1-2H3. The predicted molar refractivity (Wildman–Crippen MR) is 79.0 cm³/mol. The van der Waals surface area contributed by atoms with Gasteiger partial charge in [-0.15, -0.1) is 0 Å². The Morgan fingerprint density at radius 1 is 0.947 bits per heavy atom. The van der Waals surface area contributed by atoms with Crippen molar-refractivity contribution in [3.05, 3.63) is 35.4 Å². The van der Waals surface area contributed by atoms with Crippen molar-refractivity contribution in [2.24, 2.45) is 17.8 Å². The molecule has 1 nitrogen and oxygen atoms in total. The molecule has 2 fully saturated rings. The van der Waals surface area contributed by atoms with E-state index in [2.05, 4.69) is 38.1 Å². The lowest BCUT2D eigenvalue weighted by molar-refractivity contribution is 0.0552. The Hall–Kier alpha value is -0.820. The third-order valence-electron chi connectivity index (χ3n) is 4.99. The fraction of sp³-hybridized carbons (Fsp3) is 0.667. The summed E-state index contributed by atoms with van der Waals surface area (Å²) in [6.45, 7) is 4.65. The molecule has 2 aliphatic rings. The van der Waals surface area contributed by atoms with E-state index in [1.807, 2.05) is 0 Å². The van der Waals surface area contributed by atoms with Crippen molar-refractivity contribution >= 4 is 0 Å². The van der Waals surface area contributed by atoms with E-state index >= 15 is 0 Å². The van der Waals surface area contributed by atoms with Gasteiger partial charge in [-0.3, -0.25) is 0 Å². The van der Waals surface area contributed by atoms with Crippen LogP contribution in [-0.4, -0.2) is 5.11 Å². The molecule has 1 heteroatoms. The van der Waals surface area contributed by atoms with Gasteiger partial charge in [0.25, 0.3) is 0 Å². The molecular weight excluding hydrogens is 232 g/mol. The Kier molecular flexibility index (Phi) is 3.66. The largest absolute Gasteiger partial charge is 0.388 e. The maximum Gasteiger partial charge on any atom is 0.0818 e. The van der Waals surface area contributed by atoms with E-state index in [4.69, 9.17) is 0 Å². The molecule has 1 aromatic carbocycles. The highest BCUT2D eigenvalue weighted by Crippen LogP contribution is 2.42. The second kappa shape index (κ2) is 5.28. The van der Waals surface area contributed by atoms with Crippen LogP contribution in [0.15, 0.2) is 24.3 Å². The van der Waals surface area contributed by atoms with Gasteiger partial charge in [0.2, 0.25) is 0 Å². The Labute approximate surface area is 117 Å². The molecule has 0 bridgehead atoms. The molecule has 0 saturated heterocycles. The smallest absolute Gasteiger partial charge is 0.0818 e. The lowest BCUT2D eigenvalue weighted by Crippen LogP contribution is -2.24. The van der Waals surface area contributed by atoms with Crippen LogP contribution in [0.1, 0.15) is 69.1 Å². The first-order chi connectivity index (χ1) is 9.13. The van der Waals surface area contributed by atoms with E-state index in [1.54, 1.807) is 0 Å². The van der Waals surface area contributed by atoms with Gasteiger partial charge in [-0.05, 0) is 66.9 Å². The molecule has 3 unspecified atom stereocenters. The zero-order valence-corrected chi connectivity index (χ0v) is 12.2. The van der Waals surface area contributed by atoms with Crippen LogP contribution < -0.4 is 0 Å². The van der Waals surface area contributed by atoms with Gasteiger partial charge in [0.1, 0.15) is 0 Å². The number of aliphatic hydroxyl groups is 1. The lowest BCUT2D eigenvalue weighted by atomic mass is 9.73. The van der Waals surface area contributed by atoms with Gasteiger partial charge >= 0.3 is 0 Å². The maximum absolute atomic E-state index is 10.6. The van der Waals surface area contributed by atoms with Gasteiger partial charge in [0.05, 0.1) is 6.10 Å². The van der Waals surface area contributed by atoms with Gasteiger partial charge < -0.3 is 5.11 Å². The summed E-state index contributed by atoms with van der Waals surface area (Å²) in [5.41, 5.74) is 2.58. The Morgan fingerprint density at radius 3 is 2.05 bits per heavy atom. The molecule has 0 radical (unpaired) electrons. The van der Waals surface area contributed by atoms with Crippen molar-refractivity contribution < 1.29 is 5.11 Å². The summed E-state index contributed by atoms with van der Waals surface area (Å²) in [6, 6.07) is 8.77. The minimum absolute atomic E-state index is 0.265. The van der Waals surface area contributed by atoms with Crippen molar-refractivity contribution in [1.29, 1.82) is 0 Å². The van der Waals surface area contributed by atoms with Crippen molar-refractivity contribution in [3.63, 3.8) is 0 Å². The molecule has 3 atom stereocenters. The zero-order chi connectivity index (χ0) is 13.4. The maximum atomic E-state index is 10.6. The average molecular weight is 258 g/mol. The third kappa shape index (κ3) is 3.02. The van der Waals surface area contributed by atoms with Gasteiger partial charge in [0.15, 0.2) is 0 Å². The van der Waals surface area contributed by atoms with Crippen molar-refractivity contribution in [2.75, 3.05) is 0 Å². The number of hydrogen-bond donors (Lipinski definition) is 1. The summed E-state index contributed by atoms with van der Waals surface area (Å²) in [6.07, 6.45) is 6.10. The number of benzene rings is 1. The molecule has 3 rings (SSSR count). The molecule has 1 aromatic rings. The first-order valence-corrected chi connectivity index (χ1v) is 7.91. The topological polar surface area (TPSA) is 20.2 Å². The van der Waals surface area contributed by atoms with Gasteiger partial charge in [0, 0.05) is 0 Å². The Morgan fingerprint density at radius 2 is 1.53 bits per heavy atom. The minimum Gasteiger partial charge on any atom is -0.388 e. The van der Waals surface area contributed by atoms with Crippen LogP contribution >= 0.6 is 0 Å². The van der Waals surface area contributed by atoms with E-state index in [0.717, 1.165) is 23.3 Å². The van der Waals surface area contributed by atoms with Gasteiger partial charge in [-0.25, -0.2) is 0 Å². The van der Waals surface area contributed by atoms with E-state index < -0.39 is 0 Å². The summed E-state index contributed by atoms with van der Waals surface area (Å²) >= 11 is 0. The minimum atomic E-state index is -0.265. The van der Waals surface area contributed by atoms with Gasteiger partial charge in [-0.1, -0.05) is 38.1 Å². The lowest BCUT2D eigenvalue weighted by Gasteiger charge is -2.34. The molecule has 0 aliphatic heterocycles. The van der Waals surface area contributed by atoms with Crippen LogP contribution in [0, 0.1) is 17.8 Å². The van der Waals surface area contributed by atoms with Crippen LogP contribution in [0.4, 0.5) is 0 Å². The molecule has 2 aliphatic carbocycles. The molecule has 0 aromatic heterocycles. The van der Waals surface area contributed by atoms with Crippen molar-refractivity contribution in [1.82, 2.24) is 0 Å². The molecule has 19 heavy (non-hydrogen) atoms. The fourth-order valence-corrected chi connectivity index (χ4v) is 3.92. The predicted octanol–water partition coefficient (Wildman–Crippen LogP) is 4.67. The van der Waals surface area contributed by atoms with Crippen LogP contribution in [0.3, 0.4) is 0 Å². The van der Waals surface area contributed by atoms with E-state index in [-0.39, 0.29) is 6.10 Å². The summed E-state index contributed by atoms with van der Waals surface area (Å²) in [5.74, 6) is 2.77. The number of rotatable bonds is 3. The molecular formula is C18H26O. The Bertz CT molecular complexity index is 408. The van der Waals surface area contributed by atoms with E-state index in [9.17, 15) is 5.11 Å². The summed E-state index contributed by atoms with van der Waals surface area (Å²) < 4.78 is 0. The summed E-state index contributed by atoms with van der Waals surface area (Å²) in [4.78, 5) is 0. The molecule has 104 valence electrons. The zero-order valence-electron chi connectivity index (χ0n) is 12.2. The highest BCUT2D eigenvalue weighted by atomic mass is 16.3. The highest BCUT2D eigenvalue weighted by Gasteiger charge is 2.30. The second-order valence-corrected chi connectivity index (χ2v) is 7.06. The first-order valence-electron chi connectivity index (χ1n) is 7.91. The highest BCUT2D eigenvalue weighted by molar-refractivity contribution is 5.29. The molecule has 0 amide bonds. The molecule has 2 saturated carbocycles. The van der Waals surface area contributed by atoms with Crippen LogP contribution in [-0.2, 0) is 0 Å². The average Bonchev–Trinajstić information content (AvgIpc) is 3.21. The summed E-state index contributed by atoms with van der Waals surface area (Å²) in [5, 5.41) is 10.6. The number of aliphatic hydroxyl groups excluding tert-OH is 1. The van der Waals surface area contributed by atoms with Crippen LogP contribution in [0.5, 0.6) is 0 Å². The Balaban J connectivity index is 1.69. The van der Waals surface area contributed by atoms with Crippen LogP contribution in [0.2, 0.25) is 0 Å². The molecule has 0 spiro atoms. The third-order valence-corrected chi connectivity index (χ3v) is 4.99. The normalized spacial score (nSPS) is 33.1. The van der Waals surface area contributed by atoms with Crippen molar-refractivity contribution in [3.8, 4) is 0 Å². The van der Waals surface area contributed by atoms with E-state index in [1.165, 1.54) is 37.7 Å². The summed E-state index contributed by atoms with van der Waals surface area (Å²) in [7, 11) is 0. The first kappa shape index (κ1) is 13.2. The quantitative estimate of drug-likeness (QED) is 0.835. The fourth-order valence-electron chi connectivity index (χ4n) is 3.92. The van der Waals surface area contributed by atoms with Gasteiger partial charge in [-0.2, -0.15) is 0 Å². The van der Waals surface area contributed by atoms with Crippen molar-refractivity contribution in [2.45, 2.75) is 58.0 Å². The second-order valence-electron chi connectivity index (χ2n) is 7.06. The number of hydrogen-bond acceptors (Lipinski definition) is 1. The monoisotopic (exact) mass is 258 g/mol.